The lowest BCUT2D eigenvalue weighted by Gasteiger charge is -2.15. The lowest BCUT2D eigenvalue weighted by atomic mass is 10.2. The molecule has 0 radical (unpaired) electrons. The summed E-state index contributed by atoms with van der Waals surface area (Å²) in [5.41, 5.74) is 1.04. The highest BCUT2D eigenvalue weighted by Gasteiger charge is 2.11. The number of aromatic nitrogens is 2. The maximum atomic E-state index is 5.52. The number of nitrogens with one attached hydrogen (secondary N) is 2. The van der Waals surface area contributed by atoms with Gasteiger partial charge in [0.2, 0.25) is 0 Å². The highest BCUT2D eigenvalue weighted by Crippen LogP contribution is 2.22. The van der Waals surface area contributed by atoms with Crippen LogP contribution < -0.4 is 10.6 Å². The van der Waals surface area contributed by atoms with Gasteiger partial charge in [0.1, 0.15) is 17.5 Å². The smallest absolute Gasteiger partial charge is 0.135 e. The number of nitrogens with zero attached hydrogens (tertiary/aromatic N) is 2. The summed E-state index contributed by atoms with van der Waals surface area (Å²) in [5, 5.41) is 6.44. The van der Waals surface area contributed by atoms with Crippen LogP contribution in [0.1, 0.15) is 45.0 Å². The molecule has 0 aliphatic carbocycles. The van der Waals surface area contributed by atoms with E-state index in [9.17, 15) is 0 Å². The van der Waals surface area contributed by atoms with E-state index in [4.69, 9.17) is 4.74 Å². The lowest BCUT2D eigenvalue weighted by Crippen LogP contribution is -2.16. The first-order chi connectivity index (χ1) is 8.95. The minimum Gasteiger partial charge on any atom is -0.377 e. The number of ether oxygens (including phenoxy) is 1. The third-order valence-electron chi connectivity index (χ3n) is 2.76. The van der Waals surface area contributed by atoms with Crippen LogP contribution in [0.15, 0.2) is 0 Å². The fourth-order valence-corrected chi connectivity index (χ4v) is 1.67. The van der Waals surface area contributed by atoms with Crippen LogP contribution in [-0.2, 0) is 4.74 Å². The zero-order valence-electron chi connectivity index (χ0n) is 12.9. The molecule has 0 saturated carbocycles. The number of hydrogen-bond acceptors (Lipinski definition) is 5. The van der Waals surface area contributed by atoms with Crippen LogP contribution in [0.25, 0.3) is 0 Å². The van der Waals surface area contributed by atoms with Gasteiger partial charge in [-0.15, -0.1) is 0 Å². The molecule has 2 N–H and O–H groups in total. The fourth-order valence-electron chi connectivity index (χ4n) is 1.67. The van der Waals surface area contributed by atoms with Gasteiger partial charge in [0, 0.05) is 25.1 Å². The Labute approximate surface area is 116 Å². The molecule has 5 nitrogen and oxygen atoms in total. The van der Waals surface area contributed by atoms with Crippen molar-refractivity contribution in [3.8, 4) is 0 Å². The molecule has 0 atom stereocenters. The summed E-state index contributed by atoms with van der Waals surface area (Å²) in [6, 6.07) is 0. The second kappa shape index (κ2) is 7.28. The van der Waals surface area contributed by atoms with Crippen molar-refractivity contribution >= 4 is 11.6 Å². The molecule has 0 unspecified atom stereocenters. The zero-order valence-corrected chi connectivity index (χ0v) is 12.9. The molecule has 1 rings (SSSR count). The second-order valence-electron chi connectivity index (χ2n) is 5.16. The fraction of sp³-hybridized carbons (Fsp3) is 0.714. The average molecular weight is 266 g/mol. The summed E-state index contributed by atoms with van der Waals surface area (Å²) in [6.45, 7) is 11.7. The van der Waals surface area contributed by atoms with Gasteiger partial charge < -0.3 is 15.4 Å². The predicted octanol–water partition coefficient (Wildman–Crippen LogP) is 2.79. The van der Waals surface area contributed by atoms with Crippen molar-refractivity contribution in [2.45, 2.75) is 46.6 Å². The van der Waals surface area contributed by atoms with Crippen LogP contribution in [0.3, 0.4) is 0 Å². The van der Waals surface area contributed by atoms with E-state index in [1.54, 1.807) is 0 Å². The Balaban J connectivity index is 2.78. The highest BCUT2D eigenvalue weighted by molar-refractivity contribution is 5.57. The van der Waals surface area contributed by atoms with E-state index in [1.807, 2.05) is 27.8 Å². The van der Waals surface area contributed by atoms with Crippen molar-refractivity contribution in [1.29, 1.82) is 0 Å². The summed E-state index contributed by atoms with van der Waals surface area (Å²) >= 11 is 0. The van der Waals surface area contributed by atoms with Crippen LogP contribution in [-0.4, -0.2) is 36.3 Å². The van der Waals surface area contributed by atoms with Gasteiger partial charge in [-0.2, -0.15) is 0 Å². The van der Waals surface area contributed by atoms with Gasteiger partial charge in [-0.05, 0) is 20.8 Å². The first kappa shape index (κ1) is 15.7. The Kier molecular flexibility index (Phi) is 6.02. The highest BCUT2D eigenvalue weighted by atomic mass is 16.5. The Morgan fingerprint density at radius 1 is 1.11 bits per heavy atom. The summed E-state index contributed by atoms with van der Waals surface area (Å²) in [5.74, 6) is 2.92. The molecule has 0 aliphatic heterocycles. The molecule has 108 valence electrons. The summed E-state index contributed by atoms with van der Waals surface area (Å²) in [7, 11) is 1.88. The maximum absolute atomic E-state index is 5.52. The first-order valence-corrected chi connectivity index (χ1v) is 6.87. The molecule has 0 fully saturated rings. The summed E-state index contributed by atoms with van der Waals surface area (Å²) < 4.78 is 5.52. The minimum absolute atomic E-state index is 0.257. The van der Waals surface area contributed by atoms with Gasteiger partial charge in [0.25, 0.3) is 0 Å². The van der Waals surface area contributed by atoms with Gasteiger partial charge >= 0.3 is 0 Å². The van der Waals surface area contributed by atoms with E-state index in [-0.39, 0.29) is 6.10 Å². The van der Waals surface area contributed by atoms with E-state index in [0.29, 0.717) is 12.5 Å². The van der Waals surface area contributed by atoms with Gasteiger partial charge in [-0.25, -0.2) is 9.97 Å². The van der Waals surface area contributed by atoms with Crippen LogP contribution in [0.2, 0.25) is 0 Å². The summed E-state index contributed by atoms with van der Waals surface area (Å²) in [6.07, 6.45) is 0.257. The monoisotopic (exact) mass is 266 g/mol. The maximum Gasteiger partial charge on any atom is 0.135 e. The lowest BCUT2D eigenvalue weighted by molar-refractivity contribution is 0.0870. The topological polar surface area (TPSA) is 59.1 Å². The largest absolute Gasteiger partial charge is 0.377 e. The minimum atomic E-state index is 0.257. The van der Waals surface area contributed by atoms with E-state index >= 15 is 0 Å². The van der Waals surface area contributed by atoms with Crippen molar-refractivity contribution in [3.63, 3.8) is 0 Å². The molecule has 0 aliphatic rings. The van der Waals surface area contributed by atoms with Gasteiger partial charge in [-0.3, -0.25) is 0 Å². The van der Waals surface area contributed by atoms with E-state index in [0.717, 1.165) is 29.6 Å². The van der Waals surface area contributed by atoms with E-state index in [2.05, 4.69) is 34.4 Å². The SMILES string of the molecule is CNc1nc(C(C)C)nc(NCCOC(C)C)c1C. The van der Waals surface area contributed by atoms with Gasteiger partial charge in [0.15, 0.2) is 0 Å². The second-order valence-corrected chi connectivity index (χ2v) is 5.16. The van der Waals surface area contributed by atoms with Crippen LogP contribution in [0, 0.1) is 6.92 Å². The van der Waals surface area contributed by atoms with Crippen LogP contribution in [0.5, 0.6) is 0 Å². The van der Waals surface area contributed by atoms with Crippen LogP contribution in [0.4, 0.5) is 11.6 Å². The van der Waals surface area contributed by atoms with Crippen molar-refractivity contribution in [1.82, 2.24) is 9.97 Å². The third kappa shape index (κ3) is 4.67. The Hall–Kier alpha value is -1.36. The molecule has 1 heterocycles. The Bertz CT molecular complexity index is 405. The molecule has 1 aromatic rings. The molecule has 0 amide bonds. The molecule has 0 bridgehead atoms. The standard InChI is InChI=1S/C14H26N4O/c1-9(2)12-17-13(15-6)11(5)14(18-12)16-7-8-19-10(3)4/h9-10H,7-8H2,1-6H3,(H2,15,16,17,18). The quantitative estimate of drug-likeness (QED) is 0.743. The molecule has 0 spiro atoms. The number of rotatable bonds is 7. The first-order valence-electron chi connectivity index (χ1n) is 6.87. The number of anilines is 2. The number of hydrogen-bond donors (Lipinski definition) is 2. The van der Waals surface area contributed by atoms with Crippen molar-refractivity contribution in [3.05, 3.63) is 11.4 Å². The molecular weight excluding hydrogens is 240 g/mol. The summed E-state index contributed by atoms with van der Waals surface area (Å²) in [4.78, 5) is 9.09. The van der Waals surface area contributed by atoms with Gasteiger partial charge in [-0.1, -0.05) is 13.8 Å². The van der Waals surface area contributed by atoms with Gasteiger partial charge in [0.05, 0.1) is 12.7 Å². The normalized spacial score (nSPS) is 11.2. The van der Waals surface area contributed by atoms with E-state index in [1.165, 1.54) is 0 Å². The molecule has 0 aromatic carbocycles. The third-order valence-corrected chi connectivity index (χ3v) is 2.76. The molecule has 5 heteroatoms. The average Bonchev–Trinajstić information content (AvgIpc) is 2.35. The molecule has 1 aromatic heterocycles. The van der Waals surface area contributed by atoms with Crippen molar-refractivity contribution in [2.24, 2.45) is 0 Å². The Morgan fingerprint density at radius 2 is 1.74 bits per heavy atom. The zero-order chi connectivity index (χ0) is 14.4. The molecule has 19 heavy (non-hydrogen) atoms. The predicted molar refractivity (Wildman–Crippen MR) is 80.0 cm³/mol. The van der Waals surface area contributed by atoms with E-state index < -0.39 is 0 Å². The van der Waals surface area contributed by atoms with Crippen molar-refractivity contribution in [2.75, 3.05) is 30.8 Å². The van der Waals surface area contributed by atoms with Crippen molar-refractivity contribution < 1.29 is 4.74 Å². The molecular formula is C14H26N4O. The Morgan fingerprint density at radius 3 is 2.26 bits per heavy atom. The van der Waals surface area contributed by atoms with Crippen LogP contribution >= 0.6 is 0 Å². The molecule has 0 saturated heterocycles.